The summed E-state index contributed by atoms with van der Waals surface area (Å²) in [5, 5.41) is 25.9. The summed E-state index contributed by atoms with van der Waals surface area (Å²) >= 11 is 0. The molecule has 1 aromatic heterocycles. The largest absolute Gasteiger partial charge is 0.508 e. The van der Waals surface area contributed by atoms with E-state index in [-0.39, 0.29) is 16.4 Å². The molecule has 0 radical (unpaired) electrons. The van der Waals surface area contributed by atoms with Crippen LogP contribution < -0.4 is 0 Å². The molecule has 1 heterocycles. The number of hydrogen-bond acceptors (Lipinski definition) is 4. The zero-order valence-electron chi connectivity index (χ0n) is 27.5. The Balaban J connectivity index is 1.76. The first kappa shape index (κ1) is 31.4. The van der Waals surface area contributed by atoms with E-state index in [4.69, 9.17) is 0 Å². The molecule has 0 bridgehead atoms. The highest BCUT2D eigenvalue weighted by atomic mass is 32.2. The summed E-state index contributed by atoms with van der Waals surface area (Å²) in [6.07, 6.45) is 1.71. The van der Waals surface area contributed by atoms with Crippen LogP contribution in [-0.4, -0.2) is 22.6 Å². The first-order valence-electron chi connectivity index (χ1n) is 15.6. The summed E-state index contributed by atoms with van der Waals surface area (Å²) in [6, 6.07) is 30.0. The molecule has 0 amide bonds. The molecular weight excluding hydrogens is 591 g/mol. The zero-order chi connectivity index (χ0) is 33.2. The lowest BCUT2D eigenvalue weighted by atomic mass is 9.74. The van der Waals surface area contributed by atoms with E-state index in [2.05, 4.69) is 41.5 Å². The number of nitrogens with zero attached hydrogens (tertiary/aromatic N) is 1. The molecule has 46 heavy (non-hydrogen) atoms. The average molecular weight is 632 g/mol. The Labute approximate surface area is 271 Å². The number of fused-ring (bicyclic) bond motifs is 2. The fourth-order valence-electron chi connectivity index (χ4n) is 6.48. The third kappa shape index (κ3) is 5.35. The number of aryl methyl sites for hydroxylation is 1. The number of phenols is 2. The van der Waals surface area contributed by atoms with Crippen LogP contribution in [0.1, 0.15) is 80.8 Å². The van der Waals surface area contributed by atoms with Crippen LogP contribution in [-0.2, 0) is 20.9 Å². The standard InChI is InChI=1S/C40H41NO4S/c1-25-16-19-28(20-17-25)46(44,45)41-24-31(30-14-10-11-15-34(30)41)36(37-29-13-9-8-12-26(29)18-21-35(37)42)27-22-32(39(2,3)4)38(43)33(23-27)40(5,6)7/h8-24,36,42-43H,1-7H3. The van der Waals surface area contributed by atoms with Crippen molar-refractivity contribution in [3.05, 3.63) is 137 Å². The first-order valence-corrected chi connectivity index (χ1v) is 17.0. The topological polar surface area (TPSA) is 79.5 Å². The lowest BCUT2D eigenvalue weighted by Gasteiger charge is -2.30. The summed E-state index contributed by atoms with van der Waals surface area (Å²) in [4.78, 5) is 0.199. The van der Waals surface area contributed by atoms with Gasteiger partial charge in [-0.15, -0.1) is 0 Å². The predicted molar refractivity (Wildman–Crippen MR) is 188 cm³/mol. The Bertz CT molecular complexity index is 2180. The van der Waals surface area contributed by atoms with Crippen LogP contribution in [0, 0.1) is 6.92 Å². The maximum atomic E-state index is 14.2. The molecule has 0 aliphatic carbocycles. The molecule has 1 unspecified atom stereocenters. The minimum absolute atomic E-state index is 0.115. The summed E-state index contributed by atoms with van der Waals surface area (Å²) in [7, 11) is -3.97. The molecule has 6 heteroatoms. The second-order valence-corrected chi connectivity index (χ2v) is 16.1. The van der Waals surface area contributed by atoms with Crippen molar-refractivity contribution in [2.24, 2.45) is 0 Å². The fourth-order valence-corrected chi connectivity index (χ4v) is 7.86. The lowest BCUT2D eigenvalue weighted by Crippen LogP contribution is -2.19. The molecular formula is C40H41NO4S. The number of aromatic nitrogens is 1. The first-order chi connectivity index (χ1) is 21.6. The molecule has 6 rings (SSSR count). The van der Waals surface area contributed by atoms with Gasteiger partial charge in [0.1, 0.15) is 11.5 Å². The van der Waals surface area contributed by atoms with Crippen molar-refractivity contribution in [1.82, 2.24) is 3.97 Å². The van der Waals surface area contributed by atoms with Crippen LogP contribution >= 0.6 is 0 Å². The molecule has 5 aromatic carbocycles. The van der Waals surface area contributed by atoms with Gasteiger partial charge >= 0.3 is 0 Å². The van der Waals surface area contributed by atoms with Gasteiger partial charge in [0.25, 0.3) is 10.0 Å². The van der Waals surface area contributed by atoms with Crippen LogP contribution in [0.2, 0.25) is 0 Å². The van der Waals surface area contributed by atoms with Crippen LogP contribution in [0.4, 0.5) is 0 Å². The molecule has 0 fully saturated rings. The molecule has 6 aromatic rings. The van der Waals surface area contributed by atoms with Crippen LogP contribution in [0.3, 0.4) is 0 Å². The van der Waals surface area contributed by atoms with Crippen LogP contribution in [0.15, 0.2) is 108 Å². The van der Waals surface area contributed by atoms with E-state index in [1.807, 2.05) is 73.7 Å². The monoisotopic (exact) mass is 631 g/mol. The third-order valence-electron chi connectivity index (χ3n) is 8.92. The number of hydrogen-bond donors (Lipinski definition) is 2. The SMILES string of the molecule is Cc1ccc(S(=O)(=O)n2cc(C(c3cc(C(C)(C)C)c(O)c(C(C)(C)C)c3)c3c(O)ccc4ccccc34)c3ccccc32)cc1. The second-order valence-electron chi connectivity index (χ2n) is 14.3. The molecule has 0 aliphatic rings. The maximum Gasteiger partial charge on any atom is 0.268 e. The highest BCUT2D eigenvalue weighted by Gasteiger charge is 2.33. The van der Waals surface area contributed by atoms with E-state index >= 15 is 0 Å². The molecule has 0 spiro atoms. The van der Waals surface area contributed by atoms with Crippen molar-refractivity contribution in [2.75, 3.05) is 0 Å². The van der Waals surface area contributed by atoms with Gasteiger partial charge in [-0.2, -0.15) is 0 Å². The van der Waals surface area contributed by atoms with Crippen molar-refractivity contribution < 1.29 is 18.6 Å². The zero-order valence-corrected chi connectivity index (χ0v) is 28.3. The summed E-state index contributed by atoms with van der Waals surface area (Å²) < 4.78 is 29.9. The Morgan fingerprint density at radius 1 is 0.696 bits per heavy atom. The van der Waals surface area contributed by atoms with Gasteiger partial charge in [0.05, 0.1) is 10.4 Å². The normalized spacial score (nSPS) is 13.4. The van der Waals surface area contributed by atoms with Gasteiger partial charge in [-0.05, 0) is 75.0 Å². The van der Waals surface area contributed by atoms with Crippen molar-refractivity contribution in [3.63, 3.8) is 0 Å². The van der Waals surface area contributed by atoms with Crippen molar-refractivity contribution in [3.8, 4) is 11.5 Å². The van der Waals surface area contributed by atoms with E-state index in [0.717, 1.165) is 44.0 Å². The Kier molecular flexibility index (Phi) is 7.56. The molecule has 0 aliphatic heterocycles. The van der Waals surface area contributed by atoms with E-state index in [1.165, 1.54) is 3.97 Å². The molecule has 2 N–H and O–H groups in total. The molecule has 0 saturated carbocycles. The van der Waals surface area contributed by atoms with E-state index < -0.39 is 26.8 Å². The Morgan fingerprint density at radius 3 is 1.87 bits per heavy atom. The molecule has 0 saturated heterocycles. The number of rotatable bonds is 5. The number of phenolic OH excluding ortho intramolecular Hbond substituents is 2. The van der Waals surface area contributed by atoms with Gasteiger partial charge in [0.2, 0.25) is 0 Å². The minimum atomic E-state index is -3.97. The molecule has 236 valence electrons. The quantitative estimate of drug-likeness (QED) is 0.199. The van der Waals surface area contributed by atoms with Crippen molar-refractivity contribution in [2.45, 2.75) is 70.1 Å². The van der Waals surface area contributed by atoms with Gasteiger partial charge in [0.15, 0.2) is 0 Å². The van der Waals surface area contributed by atoms with Crippen LogP contribution in [0.25, 0.3) is 21.7 Å². The van der Waals surface area contributed by atoms with Gasteiger partial charge in [0, 0.05) is 23.1 Å². The van der Waals surface area contributed by atoms with Crippen LogP contribution in [0.5, 0.6) is 11.5 Å². The molecule has 5 nitrogen and oxygen atoms in total. The molecule has 1 atom stereocenters. The highest BCUT2D eigenvalue weighted by Crippen LogP contribution is 2.48. The van der Waals surface area contributed by atoms with Gasteiger partial charge in [-0.3, -0.25) is 0 Å². The summed E-state index contributed by atoms with van der Waals surface area (Å²) in [5.74, 6) is -0.202. The van der Waals surface area contributed by atoms with E-state index in [1.54, 1.807) is 36.5 Å². The summed E-state index contributed by atoms with van der Waals surface area (Å²) in [5.41, 5.74) is 4.58. The Morgan fingerprint density at radius 2 is 1.26 bits per heavy atom. The summed E-state index contributed by atoms with van der Waals surface area (Å²) in [6.45, 7) is 14.4. The average Bonchev–Trinajstić information content (AvgIpc) is 3.38. The van der Waals surface area contributed by atoms with Crippen molar-refractivity contribution >= 4 is 31.7 Å². The van der Waals surface area contributed by atoms with Gasteiger partial charge < -0.3 is 10.2 Å². The number of aromatic hydroxyl groups is 2. The van der Waals surface area contributed by atoms with Gasteiger partial charge in [-0.25, -0.2) is 12.4 Å². The minimum Gasteiger partial charge on any atom is -0.508 e. The highest BCUT2D eigenvalue weighted by molar-refractivity contribution is 7.90. The van der Waals surface area contributed by atoms with Gasteiger partial charge in [-0.1, -0.05) is 120 Å². The Hall–Kier alpha value is -4.55. The van der Waals surface area contributed by atoms with E-state index in [0.29, 0.717) is 11.1 Å². The lowest BCUT2D eigenvalue weighted by molar-refractivity contribution is 0.422. The second kappa shape index (κ2) is 11.1. The smallest absolute Gasteiger partial charge is 0.268 e. The number of para-hydroxylation sites is 1. The van der Waals surface area contributed by atoms with E-state index in [9.17, 15) is 18.6 Å². The number of benzene rings is 5. The fraction of sp³-hybridized carbons (Fsp3) is 0.250. The third-order valence-corrected chi connectivity index (χ3v) is 10.6. The maximum absolute atomic E-state index is 14.2. The predicted octanol–water partition coefficient (Wildman–Crippen LogP) is 9.53. The van der Waals surface area contributed by atoms with Crippen molar-refractivity contribution in [1.29, 1.82) is 0 Å².